The minimum atomic E-state index is -0.0648. The van der Waals surface area contributed by atoms with E-state index in [1.807, 2.05) is 37.2 Å². The molecule has 0 fully saturated rings. The van der Waals surface area contributed by atoms with Crippen molar-refractivity contribution in [3.63, 3.8) is 0 Å². The quantitative estimate of drug-likeness (QED) is 0.610. The zero-order valence-corrected chi connectivity index (χ0v) is 12.3. The Labute approximate surface area is 121 Å². The molecule has 0 aliphatic heterocycles. The summed E-state index contributed by atoms with van der Waals surface area (Å²) in [6.07, 6.45) is 6.14. The van der Waals surface area contributed by atoms with Crippen LogP contribution in [0.15, 0.2) is 42.5 Å². The number of esters is 1. The molecule has 0 N–H and O–H groups in total. The van der Waals surface area contributed by atoms with Crippen LogP contribution in [0.1, 0.15) is 24.3 Å². The number of carbonyl (C=O) groups excluding carboxylic acids is 1. The second-order valence-electron chi connectivity index (χ2n) is 5.52. The minimum Gasteiger partial charge on any atom is -0.464 e. The molecule has 1 aromatic carbocycles. The van der Waals surface area contributed by atoms with Crippen molar-refractivity contribution in [2.24, 2.45) is 5.92 Å². The predicted molar refractivity (Wildman–Crippen MR) is 80.6 cm³/mol. The van der Waals surface area contributed by atoms with E-state index in [4.69, 9.17) is 4.74 Å². The van der Waals surface area contributed by atoms with Gasteiger partial charge in [0.25, 0.3) is 0 Å². The van der Waals surface area contributed by atoms with Crippen molar-refractivity contribution in [1.82, 2.24) is 4.90 Å². The lowest BCUT2D eigenvalue weighted by Crippen LogP contribution is -2.28. The van der Waals surface area contributed by atoms with Crippen LogP contribution < -0.4 is 0 Å². The number of rotatable bonds is 5. The molecule has 0 saturated carbocycles. The van der Waals surface area contributed by atoms with Crippen LogP contribution in [0, 0.1) is 5.92 Å². The number of ether oxygens (including phenoxy) is 1. The van der Waals surface area contributed by atoms with E-state index in [1.165, 1.54) is 5.56 Å². The Balaban J connectivity index is 2.01. The lowest BCUT2D eigenvalue weighted by atomic mass is 9.79. The highest BCUT2D eigenvalue weighted by molar-refractivity contribution is 5.74. The maximum Gasteiger partial charge on any atom is 0.309 e. The Morgan fingerprint density at radius 1 is 1.30 bits per heavy atom. The monoisotopic (exact) mass is 273 g/mol. The molecule has 1 aromatic rings. The smallest absolute Gasteiger partial charge is 0.309 e. The number of allylic oxidation sites excluding steroid dienone is 2. The Hall–Kier alpha value is -1.61. The van der Waals surface area contributed by atoms with Gasteiger partial charge in [0, 0.05) is 12.5 Å². The van der Waals surface area contributed by atoms with E-state index < -0.39 is 0 Å². The molecular weight excluding hydrogens is 250 g/mol. The number of hydrogen-bond donors (Lipinski definition) is 0. The SMILES string of the molecule is CN(C)CCOC(=O)C1CCC=CC1c1ccccc1. The fraction of sp³-hybridized carbons (Fsp3) is 0.471. The zero-order valence-electron chi connectivity index (χ0n) is 12.3. The van der Waals surface area contributed by atoms with E-state index in [0.717, 1.165) is 19.4 Å². The number of benzene rings is 1. The van der Waals surface area contributed by atoms with Gasteiger partial charge >= 0.3 is 5.97 Å². The van der Waals surface area contributed by atoms with Gasteiger partial charge in [-0.25, -0.2) is 0 Å². The summed E-state index contributed by atoms with van der Waals surface area (Å²) in [7, 11) is 3.95. The summed E-state index contributed by atoms with van der Waals surface area (Å²) in [5.41, 5.74) is 1.19. The summed E-state index contributed by atoms with van der Waals surface area (Å²) in [6.45, 7) is 1.23. The molecule has 0 saturated heterocycles. The van der Waals surface area contributed by atoms with Crippen LogP contribution in [0.3, 0.4) is 0 Å². The van der Waals surface area contributed by atoms with Gasteiger partial charge in [0.2, 0.25) is 0 Å². The summed E-state index contributed by atoms with van der Waals surface area (Å²) >= 11 is 0. The van der Waals surface area contributed by atoms with Crippen molar-refractivity contribution < 1.29 is 9.53 Å². The molecule has 2 atom stereocenters. The van der Waals surface area contributed by atoms with Gasteiger partial charge in [-0.05, 0) is 32.5 Å². The maximum absolute atomic E-state index is 12.3. The Kier molecular flexibility index (Phi) is 5.36. The number of likely N-dealkylation sites (N-methyl/N-ethyl adjacent to an activating group) is 1. The van der Waals surface area contributed by atoms with Gasteiger partial charge in [0.15, 0.2) is 0 Å². The molecule has 1 aliphatic rings. The van der Waals surface area contributed by atoms with Crippen LogP contribution in [0.5, 0.6) is 0 Å². The molecule has 20 heavy (non-hydrogen) atoms. The van der Waals surface area contributed by atoms with E-state index in [2.05, 4.69) is 24.3 Å². The molecule has 108 valence electrons. The average molecular weight is 273 g/mol. The van der Waals surface area contributed by atoms with E-state index >= 15 is 0 Å². The van der Waals surface area contributed by atoms with Crippen molar-refractivity contribution >= 4 is 5.97 Å². The number of carbonyl (C=O) groups is 1. The minimum absolute atomic E-state index is 0.0513. The number of nitrogens with zero attached hydrogens (tertiary/aromatic N) is 1. The molecular formula is C17H23NO2. The highest BCUT2D eigenvalue weighted by Gasteiger charge is 2.30. The van der Waals surface area contributed by atoms with Crippen molar-refractivity contribution in [2.45, 2.75) is 18.8 Å². The molecule has 0 bridgehead atoms. The molecule has 2 rings (SSSR count). The van der Waals surface area contributed by atoms with E-state index in [1.54, 1.807) is 0 Å². The predicted octanol–water partition coefficient (Wildman–Crippen LogP) is 2.84. The van der Waals surface area contributed by atoms with Gasteiger partial charge in [-0.2, -0.15) is 0 Å². The van der Waals surface area contributed by atoms with Crippen molar-refractivity contribution in [3.8, 4) is 0 Å². The van der Waals surface area contributed by atoms with E-state index in [0.29, 0.717) is 6.61 Å². The molecule has 0 amide bonds. The summed E-state index contributed by atoms with van der Waals surface area (Å²) in [6, 6.07) is 10.2. The van der Waals surface area contributed by atoms with Crippen LogP contribution in [-0.4, -0.2) is 38.1 Å². The summed E-state index contributed by atoms with van der Waals surface area (Å²) in [5, 5.41) is 0. The molecule has 0 spiro atoms. The highest BCUT2D eigenvalue weighted by Crippen LogP contribution is 2.34. The molecule has 0 heterocycles. The topological polar surface area (TPSA) is 29.5 Å². The molecule has 3 heteroatoms. The first kappa shape index (κ1) is 14.8. The van der Waals surface area contributed by atoms with Gasteiger partial charge in [-0.3, -0.25) is 4.79 Å². The van der Waals surface area contributed by atoms with Crippen LogP contribution in [0.4, 0.5) is 0 Å². The first-order valence-corrected chi connectivity index (χ1v) is 7.21. The summed E-state index contributed by atoms with van der Waals surface area (Å²) in [5.74, 6) is 0.0337. The standard InChI is InChI=1S/C17H23NO2/c1-18(2)12-13-20-17(19)16-11-7-6-10-15(16)14-8-4-3-5-9-14/h3-6,8-10,15-16H,7,11-13H2,1-2H3. The van der Waals surface area contributed by atoms with Crippen molar-refractivity contribution in [3.05, 3.63) is 48.0 Å². The van der Waals surface area contributed by atoms with Gasteiger partial charge < -0.3 is 9.64 Å². The molecule has 1 aliphatic carbocycles. The Morgan fingerprint density at radius 2 is 2.05 bits per heavy atom. The first-order valence-electron chi connectivity index (χ1n) is 7.21. The Morgan fingerprint density at radius 3 is 2.75 bits per heavy atom. The van der Waals surface area contributed by atoms with Gasteiger partial charge in [0.05, 0.1) is 5.92 Å². The van der Waals surface area contributed by atoms with E-state index in [9.17, 15) is 4.79 Å². The third-order valence-electron chi connectivity index (χ3n) is 3.69. The molecule has 0 aromatic heterocycles. The van der Waals surface area contributed by atoms with Crippen LogP contribution in [0.25, 0.3) is 0 Å². The lowest BCUT2D eigenvalue weighted by molar-refractivity contribution is -0.149. The lowest BCUT2D eigenvalue weighted by Gasteiger charge is -2.26. The second kappa shape index (κ2) is 7.25. The summed E-state index contributed by atoms with van der Waals surface area (Å²) < 4.78 is 5.43. The van der Waals surface area contributed by atoms with Gasteiger partial charge in [-0.1, -0.05) is 42.5 Å². The molecule has 0 radical (unpaired) electrons. The maximum atomic E-state index is 12.3. The average Bonchev–Trinajstić information content (AvgIpc) is 2.47. The molecule has 3 nitrogen and oxygen atoms in total. The normalized spacial score (nSPS) is 21.9. The summed E-state index contributed by atoms with van der Waals surface area (Å²) in [4.78, 5) is 14.3. The molecule has 2 unspecified atom stereocenters. The number of hydrogen-bond acceptors (Lipinski definition) is 3. The van der Waals surface area contributed by atoms with Crippen LogP contribution in [0.2, 0.25) is 0 Å². The fourth-order valence-corrected chi connectivity index (χ4v) is 2.55. The Bertz CT molecular complexity index is 453. The van der Waals surface area contributed by atoms with Crippen LogP contribution in [-0.2, 0) is 9.53 Å². The largest absolute Gasteiger partial charge is 0.464 e. The third-order valence-corrected chi connectivity index (χ3v) is 3.69. The second-order valence-corrected chi connectivity index (χ2v) is 5.52. The third kappa shape index (κ3) is 3.94. The van der Waals surface area contributed by atoms with Crippen molar-refractivity contribution in [2.75, 3.05) is 27.2 Å². The fourth-order valence-electron chi connectivity index (χ4n) is 2.55. The van der Waals surface area contributed by atoms with Gasteiger partial charge in [0.1, 0.15) is 6.61 Å². The zero-order chi connectivity index (χ0) is 14.4. The van der Waals surface area contributed by atoms with Crippen molar-refractivity contribution in [1.29, 1.82) is 0 Å². The highest BCUT2D eigenvalue weighted by atomic mass is 16.5. The van der Waals surface area contributed by atoms with E-state index in [-0.39, 0.29) is 17.8 Å². The van der Waals surface area contributed by atoms with Gasteiger partial charge in [-0.15, -0.1) is 0 Å². The first-order chi connectivity index (χ1) is 9.68. The van der Waals surface area contributed by atoms with Crippen LogP contribution >= 0.6 is 0 Å².